The van der Waals surface area contributed by atoms with Crippen LogP contribution in [-0.2, 0) is 13.1 Å². The second kappa shape index (κ2) is 9.69. The number of ether oxygens (including phenoxy) is 1. The maximum absolute atomic E-state index is 13.6. The number of aromatic amines is 1. The molecule has 0 saturated heterocycles. The quantitative estimate of drug-likeness (QED) is 0.499. The maximum atomic E-state index is 13.6. The van der Waals surface area contributed by atoms with Crippen molar-refractivity contribution in [3.63, 3.8) is 0 Å². The normalized spacial score (nSPS) is 10.8. The summed E-state index contributed by atoms with van der Waals surface area (Å²) >= 11 is 3.38. The van der Waals surface area contributed by atoms with Crippen LogP contribution in [0.4, 0.5) is 11.5 Å². The van der Waals surface area contributed by atoms with Gasteiger partial charge < -0.3 is 14.9 Å². The minimum atomic E-state index is -0.755. The molecule has 0 radical (unpaired) electrons. The number of nitrogen functional groups attached to an aromatic ring is 1. The molecule has 0 aliphatic carbocycles. The highest BCUT2D eigenvalue weighted by atomic mass is 79.9. The van der Waals surface area contributed by atoms with E-state index in [1.165, 1.54) is 22.8 Å². The molecule has 0 fully saturated rings. The minimum Gasteiger partial charge on any atom is -0.497 e. The Morgan fingerprint density at radius 1 is 1.32 bits per heavy atom. The molecule has 1 aromatic carbocycles. The summed E-state index contributed by atoms with van der Waals surface area (Å²) in [5, 5.41) is 0. The van der Waals surface area contributed by atoms with Gasteiger partial charge in [0.05, 0.1) is 25.5 Å². The summed E-state index contributed by atoms with van der Waals surface area (Å²) in [6, 6.07) is 8.28. The van der Waals surface area contributed by atoms with E-state index >= 15 is 0 Å². The van der Waals surface area contributed by atoms with Crippen molar-refractivity contribution in [1.29, 1.82) is 0 Å². The van der Waals surface area contributed by atoms with Crippen molar-refractivity contribution in [2.75, 3.05) is 17.7 Å². The van der Waals surface area contributed by atoms with Gasteiger partial charge in [-0.1, -0.05) is 13.3 Å². The van der Waals surface area contributed by atoms with Crippen molar-refractivity contribution in [3.8, 4) is 5.75 Å². The summed E-state index contributed by atoms with van der Waals surface area (Å²) in [7, 11) is 1.49. The first kappa shape index (κ1) is 22.4. The number of anilines is 2. The van der Waals surface area contributed by atoms with Gasteiger partial charge in [0.25, 0.3) is 11.5 Å². The van der Waals surface area contributed by atoms with Gasteiger partial charge in [0.2, 0.25) is 0 Å². The van der Waals surface area contributed by atoms with Crippen LogP contribution in [0.5, 0.6) is 5.75 Å². The standard InChI is InChI=1S/C21H23BrN4O5/c1-3-4-9-25-18(23)17(19(27)24-21(25)29)26(12-14-6-5-10-31-14)20(28)15-11-13(30-2)7-8-16(15)22/h5-8,10-11H,3-4,9,12,23H2,1-2H3,(H,24,27,29). The first-order valence-corrected chi connectivity index (χ1v) is 10.5. The highest BCUT2D eigenvalue weighted by molar-refractivity contribution is 9.10. The van der Waals surface area contributed by atoms with Gasteiger partial charge in [-0.2, -0.15) is 0 Å². The Kier molecular flexibility index (Phi) is 7.01. The third-order valence-electron chi connectivity index (χ3n) is 4.76. The summed E-state index contributed by atoms with van der Waals surface area (Å²) in [5.41, 5.74) is 5.02. The van der Waals surface area contributed by atoms with Gasteiger partial charge in [0, 0.05) is 11.0 Å². The Labute approximate surface area is 186 Å². The number of H-pyrrole nitrogens is 1. The molecule has 10 heteroatoms. The molecule has 9 nitrogen and oxygen atoms in total. The third-order valence-corrected chi connectivity index (χ3v) is 5.45. The van der Waals surface area contributed by atoms with Gasteiger partial charge in [0.1, 0.15) is 17.3 Å². The number of hydrogen-bond donors (Lipinski definition) is 2. The van der Waals surface area contributed by atoms with Crippen molar-refractivity contribution >= 4 is 33.3 Å². The lowest BCUT2D eigenvalue weighted by molar-refractivity contribution is 0.0981. The lowest BCUT2D eigenvalue weighted by Crippen LogP contribution is -2.41. The van der Waals surface area contributed by atoms with Crippen molar-refractivity contribution in [3.05, 3.63) is 73.2 Å². The predicted molar refractivity (Wildman–Crippen MR) is 121 cm³/mol. The van der Waals surface area contributed by atoms with E-state index in [1.54, 1.807) is 30.3 Å². The molecule has 0 spiro atoms. The monoisotopic (exact) mass is 490 g/mol. The summed E-state index contributed by atoms with van der Waals surface area (Å²) < 4.78 is 12.4. The average molecular weight is 491 g/mol. The molecule has 1 amide bonds. The topological polar surface area (TPSA) is 124 Å². The van der Waals surface area contributed by atoms with Gasteiger partial charge in [-0.25, -0.2) is 4.79 Å². The summed E-state index contributed by atoms with van der Waals surface area (Å²) in [6.45, 7) is 2.23. The number of halogens is 1. The zero-order valence-corrected chi connectivity index (χ0v) is 18.8. The molecular weight excluding hydrogens is 468 g/mol. The van der Waals surface area contributed by atoms with Gasteiger partial charge >= 0.3 is 5.69 Å². The van der Waals surface area contributed by atoms with Crippen LogP contribution >= 0.6 is 15.9 Å². The Bertz CT molecular complexity index is 1180. The molecule has 3 N–H and O–H groups in total. The first-order valence-electron chi connectivity index (χ1n) is 9.67. The van der Waals surface area contributed by atoms with E-state index < -0.39 is 17.2 Å². The number of aromatic nitrogens is 2. The number of carbonyl (C=O) groups excluding carboxylic acids is 1. The lowest BCUT2D eigenvalue weighted by Gasteiger charge is -2.24. The average Bonchev–Trinajstić information content (AvgIpc) is 3.26. The Morgan fingerprint density at radius 2 is 2.10 bits per heavy atom. The molecule has 2 heterocycles. The highest BCUT2D eigenvalue weighted by Gasteiger charge is 2.27. The predicted octanol–water partition coefficient (Wildman–Crippen LogP) is 3.13. The molecule has 164 valence electrons. The number of amides is 1. The van der Waals surface area contributed by atoms with Crippen molar-refractivity contribution in [2.45, 2.75) is 32.9 Å². The van der Waals surface area contributed by atoms with Crippen molar-refractivity contribution in [1.82, 2.24) is 9.55 Å². The molecule has 0 saturated carbocycles. The maximum Gasteiger partial charge on any atom is 0.330 e. The van der Waals surface area contributed by atoms with Crippen molar-refractivity contribution in [2.24, 2.45) is 0 Å². The number of unbranched alkanes of at least 4 members (excludes halogenated alkanes) is 1. The lowest BCUT2D eigenvalue weighted by atomic mass is 10.1. The van der Waals surface area contributed by atoms with E-state index in [9.17, 15) is 14.4 Å². The highest BCUT2D eigenvalue weighted by Crippen LogP contribution is 2.28. The fraction of sp³-hybridized carbons (Fsp3) is 0.286. The number of hydrogen-bond acceptors (Lipinski definition) is 6. The Hall–Kier alpha value is -3.27. The summed E-state index contributed by atoms with van der Waals surface area (Å²) in [6.07, 6.45) is 2.98. The van der Waals surface area contributed by atoms with E-state index in [4.69, 9.17) is 14.9 Å². The number of nitrogens with one attached hydrogen (secondary N) is 1. The molecule has 31 heavy (non-hydrogen) atoms. The second-order valence-electron chi connectivity index (χ2n) is 6.81. The molecule has 0 atom stereocenters. The van der Waals surface area contributed by atoms with Crippen LogP contribution in [0.15, 0.2) is 55.1 Å². The summed E-state index contributed by atoms with van der Waals surface area (Å²) in [5.74, 6) is 0.318. The van der Waals surface area contributed by atoms with Gasteiger partial charge in [-0.05, 0) is 52.7 Å². The number of furan rings is 1. The fourth-order valence-electron chi connectivity index (χ4n) is 3.13. The molecule has 0 aliphatic heterocycles. The SMILES string of the molecule is CCCCn1c(N)c(N(Cc2ccco2)C(=O)c2cc(OC)ccc2Br)c(=O)[nH]c1=O. The largest absolute Gasteiger partial charge is 0.497 e. The van der Waals surface area contributed by atoms with E-state index in [1.807, 2.05) is 6.92 Å². The van der Waals surface area contributed by atoms with E-state index in [0.29, 0.717) is 28.9 Å². The molecule has 3 aromatic rings. The number of rotatable bonds is 8. The number of methoxy groups -OCH3 is 1. The molecule has 0 unspecified atom stereocenters. The van der Waals surface area contributed by atoms with Crippen LogP contribution in [0.1, 0.15) is 35.9 Å². The van der Waals surface area contributed by atoms with Crippen LogP contribution in [0.2, 0.25) is 0 Å². The van der Waals surface area contributed by atoms with Crippen LogP contribution in [0, 0.1) is 0 Å². The van der Waals surface area contributed by atoms with Crippen LogP contribution in [0.3, 0.4) is 0 Å². The van der Waals surface area contributed by atoms with Gasteiger partial charge in [0.15, 0.2) is 5.69 Å². The van der Waals surface area contributed by atoms with E-state index in [0.717, 1.165) is 6.42 Å². The van der Waals surface area contributed by atoms with E-state index in [2.05, 4.69) is 20.9 Å². The smallest absolute Gasteiger partial charge is 0.330 e. The van der Waals surface area contributed by atoms with Crippen molar-refractivity contribution < 1.29 is 13.9 Å². The van der Waals surface area contributed by atoms with Crippen LogP contribution in [-0.4, -0.2) is 22.6 Å². The zero-order chi connectivity index (χ0) is 22.5. The molecule has 0 aliphatic rings. The molecule has 3 rings (SSSR count). The molecule has 2 aromatic heterocycles. The van der Waals surface area contributed by atoms with Crippen LogP contribution < -0.4 is 26.6 Å². The number of nitrogens with two attached hydrogens (primary N) is 1. The minimum absolute atomic E-state index is 0.0608. The van der Waals surface area contributed by atoms with E-state index in [-0.39, 0.29) is 23.6 Å². The van der Waals surface area contributed by atoms with Crippen LogP contribution in [0.25, 0.3) is 0 Å². The number of benzene rings is 1. The Morgan fingerprint density at radius 3 is 2.74 bits per heavy atom. The number of carbonyl (C=O) groups is 1. The molecular formula is C21H23BrN4O5. The van der Waals surface area contributed by atoms with Gasteiger partial charge in [-0.15, -0.1) is 0 Å². The zero-order valence-electron chi connectivity index (χ0n) is 17.2. The molecule has 0 bridgehead atoms. The van der Waals surface area contributed by atoms with Gasteiger partial charge in [-0.3, -0.25) is 24.0 Å². The summed E-state index contributed by atoms with van der Waals surface area (Å²) in [4.78, 5) is 42.2. The second-order valence-corrected chi connectivity index (χ2v) is 7.67. The Balaban J connectivity index is 2.18. The third kappa shape index (κ3) is 4.74. The first-order chi connectivity index (χ1) is 14.9. The number of nitrogens with zero attached hydrogens (tertiary/aromatic N) is 2. The fourth-order valence-corrected chi connectivity index (χ4v) is 3.54.